The Morgan fingerprint density at radius 3 is 2.89 bits per heavy atom. The van der Waals surface area contributed by atoms with E-state index in [0.717, 1.165) is 18.5 Å². The van der Waals surface area contributed by atoms with Crippen LogP contribution in [0.4, 0.5) is 5.69 Å². The largest absolute Gasteiger partial charge is 0.368 e. The van der Waals surface area contributed by atoms with Gasteiger partial charge >= 0.3 is 0 Å². The molecule has 0 aromatic heterocycles. The fourth-order valence-corrected chi connectivity index (χ4v) is 4.03. The summed E-state index contributed by atoms with van der Waals surface area (Å²) in [5.74, 6) is 0.956. The second-order valence-electron chi connectivity index (χ2n) is 6.26. The van der Waals surface area contributed by atoms with Crippen molar-refractivity contribution in [1.29, 1.82) is 0 Å². The first-order chi connectivity index (χ1) is 9.29. The second-order valence-corrected chi connectivity index (χ2v) is 6.26. The topological polar surface area (TPSA) is 15.3 Å². The van der Waals surface area contributed by atoms with Crippen molar-refractivity contribution in [3.05, 3.63) is 29.3 Å². The van der Waals surface area contributed by atoms with Gasteiger partial charge in [-0.3, -0.25) is 0 Å². The molecule has 3 rings (SSSR count). The molecule has 1 aromatic carbocycles. The highest BCUT2D eigenvalue weighted by atomic mass is 15.2. The van der Waals surface area contributed by atoms with Crippen molar-refractivity contribution in [1.82, 2.24) is 5.32 Å². The summed E-state index contributed by atoms with van der Waals surface area (Å²) in [6, 6.07) is 7.78. The van der Waals surface area contributed by atoms with Gasteiger partial charge in [0.1, 0.15) is 0 Å². The Balaban J connectivity index is 1.89. The van der Waals surface area contributed by atoms with E-state index in [0.29, 0.717) is 0 Å². The smallest absolute Gasteiger partial charge is 0.0414 e. The van der Waals surface area contributed by atoms with Crippen molar-refractivity contribution >= 4 is 5.69 Å². The van der Waals surface area contributed by atoms with E-state index in [1.54, 1.807) is 0 Å². The third-order valence-electron chi connectivity index (χ3n) is 4.92. The lowest BCUT2D eigenvalue weighted by atomic mass is 9.85. The molecule has 2 unspecified atom stereocenters. The molecule has 1 aliphatic heterocycles. The van der Waals surface area contributed by atoms with E-state index in [-0.39, 0.29) is 0 Å². The van der Waals surface area contributed by atoms with Gasteiger partial charge in [0.2, 0.25) is 0 Å². The van der Waals surface area contributed by atoms with Crippen LogP contribution in [0.15, 0.2) is 18.2 Å². The van der Waals surface area contributed by atoms with E-state index in [1.165, 1.54) is 55.5 Å². The highest BCUT2D eigenvalue weighted by molar-refractivity contribution is 5.56. The minimum absolute atomic E-state index is 0.812. The standard InChI is InChI=1S/C17H26N2/c1-13-7-8-17(15(11-13)12-18-2)19-10-9-14-5-3-4-6-16(14)19/h7-8,11,14,16,18H,3-6,9-10,12H2,1-2H3. The maximum Gasteiger partial charge on any atom is 0.0414 e. The number of benzene rings is 1. The summed E-state index contributed by atoms with van der Waals surface area (Å²) in [5, 5.41) is 3.32. The molecule has 19 heavy (non-hydrogen) atoms. The molecule has 0 bridgehead atoms. The summed E-state index contributed by atoms with van der Waals surface area (Å²) in [6.45, 7) is 4.43. The first-order valence-electron chi connectivity index (χ1n) is 7.80. The van der Waals surface area contributed by atoms with Crippen LogP contribution in [0.3, 0.4) is 0 Å². The quantitative estimate of drug-likeness (QED) is 0.893. The number of nitrogens with zero attached hydrogens (tertiary/aromatic N) is 1. The fraction of sp³-hybridized carbons (Fsp3) is 0.647. The van der Waals surface area contributed by atoms with Crippen LogP contribution >= 0.6 is 0 Å². The van der Waals surface area contributed by atoms with Crippen LogP contribution < -0.4 is 10.2 Å². The molecule has 1 heterocycles. The molecule has 1 saturated heterocycles. The summed E-state index contributed by atoms with van der Waals surface area (Å²) in [4.78, 5) is 2.70. The van der Waals surface area contributed by atoms with Crippen molar-refractivity contribution < 1.29 is 0 Å². The van der Waals surface area contributed by atoms with Gasteiger partial charge in [-0.25, -0.2) is 0 Å². The predicted octanol–water partition coefficient (Wildman–Crippen LogP) is 3.48. The van der Waals surface area contributed by atoms with Gasteiger partial charge in [-0.05, 0) is 50.8 Å². The highest BCUT2D eigenvalue weighted by Crippen LogP contribution is 2.40. The Morgan fingerprint density at radius 2 is 2.05 bits per heavy atom. The zero-order valence-electron chi connectivity index (χ0n) is 12.3. The molecule has 2 atom stereocenters. The van der Waals surface area contributed by atoms with Gasteiger partial charge in [-0.1, -0.05) is 30.5 Å². The molecule has 1 saturated carbocycles. The lowest BCUT2D eigenvalue weighted by Crippen LogP contribution is -2.35. The summed E-state index contributed by atoms with van der Waals surface area (Å²) >= 11 is 0. The van der Waals surface area contributed by atoms with E-state index in [2.05, 4.69) is 35.3 Å². The van der Waals surface area contributed by atoms with E-state index in [4.69, 9.17) is 0 Å². The molecule has 2 nitrogen and oxygen atoms in total. The summed E-state index contributed by atoms with van der Waals surface area (Å²) < 4.78 is 0. The molecule has 1 N–H and O–H groups in total. The maximum absolute atomic E-state index is 3.32. The normalized spacial score (nSPS) is 26.5. The number of fused-ring (bicyclic) bond motifs is 1. The van der Waals surface area contributed by atoms with Crippen LogP contribution in [0.2, 0.25) is 0 Å². The van der Waals surface area contributed by atoms with Gasteiger partial charge in [0.25, 0.3) is 0 Å². The highest BCUT2D eigenvalue weighted by Gasteiger charge is 2.36. The molecule has 0 radical (unpaired) electrons. The maximum atomic E-state index is 3.32. The average Bonchev–Trinajstić information content (AvgIpc) is 2.83. The van der Waals surface area contributed by atoms with Gasteiger partial charge in [-0.15, -0.1) is 0 Å². The van der Waals surface area contributed by atoms with Gasteiger partial charge in [0.15, 0.2) is 0 Å². The number of aryl methyl sites for hydroxylation is 1. The van der Waals surface area contributed by atoms with E-state index < -0.39 is 0 Å². The Morgan fingerprint density at radius 1 is 1.21 bits per heavy atom. The van der Waals surface area contributed by atoms with Crippen LogP contribution in [-0.4, -0.2) is 19.6 Å². The fourth-order valence-electron chi connectivity index (χ4n) is 4.03. The Bertz CT molecular complexity index is 441. The van der Waals surface area contributed by atoms with Gasteiger partial charge < -0.3 is 10.2 Å². The number of nitrogens with one attached hydrogen (secondary N) is 1. The second kappa shape index (κ2) is 5.54. The Hall–Kier alpha value is -1.02. The van der Waals surface area contributed by atoms with Crippen molar-refractivity contribution in [2.45, 2.75) is 51.6 Å². The number of hydrogen-bond donors (Lipinski definition) is 1. The zero-order valence-corrected chi connectivity index (χ0v) is 12.3. The minimum atomic E-state index is 0.812. The van der Waals surface area contributed by atoms with Crippen molar-refractivity contribution in [2.24, 2.45) is 5.92 Å². The lowest BCUT2D eigenvalue weighted by Gasteiger charge is -2.34. The van der Waals surface area contributed by atoms with E-state index in [9.17, 15) is 0 Å². The van der Waals surface area contributed by atoms with Crippen LogP contribution in [0.5, 0.6) is 0 Å². The van der Waals surface area contributed by atoms with Crippen LogP contribution in [0, 0.1) is 12.8 Å². The van der Waals surface area contributed by atoms with Crippen LogP contribution in [0.25, 0.3) is 0 Å². The average molecular weight is 258 g/mol. The first kappa shape index (κ1) is 13.0. The van der Waals surface area contributed by atoms with Crippen LogP contribution in [-0.2, 0) is 6.54 Å². The molecular weight excluding hydrogens is 232 g/mol. The molecule has 104 valence electrons. The number of hydrogen-bond acceptors (Lipinski definition) is 2. The monoisotopic (exact) mass is 258 g/mol. The van der Waals surface area contributed by atoms with E-state index in [1.807, 2.05) is 7.05 Å². The van der Waals surface area contributed by atoms with Crippen molar-refractivity contribution in [3.8, 4) is 0 Å². The third-order valence-corrected chi connectivity index (χ3v) is 4.92. The molecule has 2 fully saturated rings. The molecule has 1 aromatic rings. The predicted molar refractivity (Wildman–Crippen MR) is 81.7 cm³/mol. The van der Waals surface area contributed by atoms with Crippen molar-refractivity contribution in [3.63, 3.8) is 0 Å². The molecular formula is C17H26N2. The number of anilines is 1. The lowest BCUT2D eigenvalue weighted by molar-refractivity contribution is 0.342. The first-order valence-corrected chi connectivity index (χ1v) is 7.80. The molecule has 2 aliphatic rings. The molecule has 0 spiro atoms. The minimum Gasteiger partial charge on any atom is -0.368 e. The summed E-state index contributed by atoms with van der Waals surface area (Å²) in [5.41, 5.74) is 4.32. The molecule has 0 amide bonds. The SMILES string of the molecule is CNCc1cc(C)ccc1N1CCC2CCCCC21. The third kappa shape index (κ3) is 2.51. The van der Waals surface area contributed by atoms with Gasteiger partial charge in [0, 0.05) is 24.8 Å². The summed E-state index contributed by atoms with van der Waals surface area (Å²) in [7, 11) is 2.04. The van der Waals surface area contributed by atoms with Crippen molar-refractivity contribution in [2.75, 3.05) is 18.5 Å². The van der Waals surface area contributed by atoms with E-state index >= 15 is 0 Å². The number of rotatable bonds is 3. The van der Waals surface area contributed by atoms with Crippen LogP contribution in [0.1, 0.15) is 43.2 Å². The Kier molecular flexibility index (Phi) is 3.79. The molecule has 2 heteroatoms. The summed E-state index contributed by atoms with van der Waals surface area (Å²) in [6.07, 6.45) is 7.13. The zero-order chi connectivity index (χ0) is 13.2. The van der Waals surface area contributed by atoms with Gasteiger partial charge in [-0.2, -0.15) is 0 Å². The van der Waals surface area contributed by atoms with Gasteiger partial charge in [0.05, 0.1) is 0 Å². The molecule has 1 aliphatic carbocycles. The Labute approximate surface area is 117 Å².